The monoisotopic (exact) mass is 563 g/mol. The van der Waals surface area contributed by atoms with Gasteiger partial charge in [-0.3, -0.25) is 0 Å². The molecule has 0 aliphatic carbocycles. The third kappa shape index (κ3) is 4.14. The lowest BCUT2D eigenvalue weighted by Gasteiger charge is -2.38. The van der Waals surface area contributed by atoms with E-state index in [4.69, 9.17) is 34.8 Å². The predicted molar refractivity (Wildman–Crippen MR) is 124 cm³/mol. The molecule has 0 saturated heterocycles. The highest BCUT2D eigenvalue weighted by atomic mass is 79.9. The highest BCUT2D eigenvalue weighted by Crippen LogP contribution is 2.40. The number of alkyl halides is 2. The number of halogens is 5. The molecule has 1 aliphatic rings. The molecule has 0 amide bonds. The van der Waals surface area contributed by atoms with Crippen molar-refractivity contribution in [3.8, 4) is 0 Å². The Hall–Kier alpha value is -0.980. The molecule has 0 fully saturated rings. The zero-order valence-electron chi connectivity index (χ0n) is 14.3. The molecule has 1 aliphatic heterocycles. The summed E-state index contributed by atoms with van der Waals surface area (Å²) in [5, 5.41) is 15.6. The van der Waals surface area contributed by atoms with Crippen LogP contribution in [0.4, 0.5) is 0 Å². The van der Waals surface area contributed by atoms with Crippen LogP contribution in [0.5, 0.6) is 0 Å². The number of hydrogen-bond acceptors (Lipinski definition) is 2. The van der Waals surface area contributed by atoms with Crippen LogP contribution in [0.3, 0.4) is 0 Å². The maximum atomic E-state index is 12.0. The van der Waals surface area contributed by atoms with Gasteiger partial charge in [-0.15, -0.1) is 0 Å². The minimum atomic E-state index is -1.01. The molecule has 2 aromatic carbocycles. The Balaban J connectivity index is 2.32. The first-order valence-electron chi connectivity index (χ1n) is 8.12. The summed E-state index contributed by atoms with van der Waals surface area (Å²) in [6, 6.07) is 12.5. The Morgan fingerprint density at radius 2 is 1.61 bits per heavy atom. The molecule has 0 atom stereocenters. The van der Waals surface area contributed by atoms with Crippen LogP contribution in [-0.4, -0.2) is 27.3 Å². The van der Waals surface area contributed by atoms with Crippen LogP contribution in [0.25, 0.3) is 11.3 Å². The summed E-state index contributed by atoms with van der Waals surface area (Å²) >= 11 is 25.5. The summed E-state index contributed by atoms with van der Waals surface area (Å²) in [5.41, 5.74) is 2.34. The number of allylic oxidation sites excluding steroid dienone is 2. The summed E-state index contributed by atoms with van der Waals surface area (Å²) in [4.78, 5) is 12.0. The van der Waals surface area contributed by atoms with E-state index >= 15 is 0 Å². The lowest BCUT2D eigenvalue weighted by atomic mass is 9.84. The van der Waals surface area contributed by atoms with Crippen molar-refractivity contribution < 1.29 is 9.90 Å². The molecule has 3 rings (SSSR count). The largest absolute Gasteiger partial charge is 0.478 e. The second-order valence-corrected chi connectivity index (χ2v) is 8.66. The molecule has 146 valence electrons. The van der Waals surface area contributed by atoms with Gasteiger partial charge in [-0.25, -0.2) is 4.79 Å². The van der Waals surface area contributed by atoms with E-state index in [0.29, 0.717) is 36.9 Å². The molecule has 2 N–H and O–H groups in total. The lowest BCUT2D eigenvalue weighted by Crippen LogP contribution is -2.53. The average molecular weight is 567 g/mol. The van der Waals surface area contributed by atoms with Crippen molar-refractivity contribution in [1.29, 1.82) is 0 Å². The molecule has 3 nitrogen and oxygen atoms in total. The second kappa shape index (κ2) is 8.80. The number of carbonyl (C=O) groups is 1. The molecule has 2 aromatic rings. The van der Waals surface area contributed by atoms with Gasteiger partial charge in [0.2, 0.25) is 0 Å². The Bertz CT molecular complexity index is 983. The van der Waals surface area contributed by atoms with Gasteiger partial charge >= 0.3 is 5.97 Å². The number of carboxylic acids is 1. The smallest absolute Gasteiger partial charge is 0.334 e. The number of benzene rings is 2. The van der Waals surface area contributed by atoms with Gasteiger partial charge in [0.25, 0.3) is 0 Å². The molecule has 0 unspecified atom stereocenters. The Morgan fingerprint density at radius 3 is 2.14 bits per heavy atom. The number of aliphatic carboxylic acids is 1. The highest BCUT2D eigenvalue weighted by Gasteiger charge is 2.41. The number of rotatable bonds is 5. The number of carboxylic acid groups (broad SMARTS) is 1. The van der Waals surface area contributed by atoms with Gasteiger partial charge in [0.05, 0.1) is 16.8 Å². The van der Waals surface area contributed by atoms with Gasteiger partial charge < -0.3 is 10.4 Å². The van der Waals surface area contributed by atoms with E-state index in [1.807, 2.05) is 12.1 Å². The summed E-state index contributed by atoms with van der Waals surface area (Å²) in [6.07, 6.45) is 1.67. The predicted octanol–water partition coefficient (Wildman–Crippen LogP) is 6.66. The fourth-order valence-corrected chi connectivity index (χ4v) is 5.46. The summed E-state index contributed by atoms with van der Waals surface area (Å²) in [5.74, 6) is -1.01. The maximum Gasteiger partial charge on any atom is 0.334 e. The molecular weight excluding hydrogens is 552 g/mol. The molecule has 1 heterocycles. The molecule has 0 spiro atoms. The van der Waals surface area contributed by atoms with Crippen molar-refractivity contribution in [3.63, 3.8) is 0 Å². The summed E-state index contributed by atoms with van der Waals surface area (Å²) in [7, 11) is 0. The average Bonchev–Trinajstić information content (AvgIpc) is 2.68. The van der Waals surface area contributed by atoms with Crippen LogP contribution in [0.15, 0.2) is 54.1 Å². The number of hydrogen-bond donors (Lipinski definition) is 2. The van der Waals surface area contributed by atoms with Crippen LogP contribution in [0, 0.1) is 0 Å². The van der Waals surface area contributed by atoms with E-state index in [2.05, 4.69) is 37.2 Å². The molecular formula is C20H14Br2Cl3NO2. The van der Waals surface area contributed by atoms with Gasteiger partial charge in [-0.1, -0.05) is 84.9 Å². The Morgan fingerprint density at radius 1 is 1.00 bits per heavy atom. The quantitative estimate of drug-likeness (QED) is 0.398. The van der Waals surface area contributed by atoms with Crippen molar-refractivity contribution in [2.75, 3.05) is 10.7 Å². The molecule has 28 heavy (non-hydrogen) atoms. The number of nitrogens with one attached hydrogen (secondary N) is 1. The first-order valence-corrected chi connectivity index (χ1v) is 11.5. The number of dihydropyridines is 1. The third-order valence-corrected chi connectivity index (χ3v) is 7.19. The zero-order valence-corrected chi connectivity index (χ0v) is 19.7. The standard InChI is InChI=1S/C20H14Br2Cl3NO2/c21-9-20(10-22)16(19(27)28)8-15(14-6-5-13(24)7-17(14)25)18(26-20)11-1-3-12(23)4-2-11/h1-8,26H,9-10H2,(H,27,28). The van der Waals surface area contributed by atoms with E-state index in [1.54, 1.807) is 36.4 Å². The molecule has 0 saturated carbocycles. The minimum absolute atomic E-state index is 0.222. The van der Waals surface area contributed by atoms with Crippen LogP contribution < -0.4 is 5.32 Å². The van der Waals surface area contributed by atoms with Gasteiger partial charge in [-0.2, -0.15) is 0 Å². The lowest BCUT2D eigenvalue weighted by molar-refractivity contribution is -0.133. The fourth-order valence-electron chi connectivity index (χ4n) is 3.01. The Kier molecular flexibility index (Phi) is 6.83. The maximum absolute atomic E-state index is 12.0. The van der Waals surface area contributed by atoms with Gasteiger partial charge in [-0.05, 0) is 35.9 Å². The second-order valence-electron chi connectivity index (χ2n) is 6.26. The van der Waals surface area contributed by atoms with Crippen LogP contribution in [0.2, 0.25) is 15.1 Å². The zero-order chi connectivity index (χ0) is 20.5. The van der Waals surface area contributed by atoms with Crippen molar-refractivity contribution in [2.24, 2.45) is 0 Å². The molecule has 0 bridgehead atoms. The highest BCUT2D eigenvalue weighted by molar-refractivity contribution is 9.09. The third-order valence-electron chi connectivity index (χ3n) is 4.48. The van der Waals surface area contributed by atoms with Crippen molar-refractivity contribution in [1.82, 2.24) is 5.32 Å². The topological polar surface area (TPSA) is 49.3 Å². The van der Waals surface area contributed by atoms with E-state index in [9.17, 15) is 9.90 Å². The van der Waals surface area contributed by atoms with Crippen LogP contribution in [-0.2, 0) is 4.79 Å². The normalized spacial score (nSPS) is 15.8. The van der Waals surface area contributed by atoms with Crippen molar-refractivity contribution >= 4 is 83.9 Å². The first kappa shape index (κ1) is 21.7. The van der Waals surface area contributed by atoms with Crippen LogP contribution in [0.1, 0.15) is 11.1 Å². The van der Waals surface area contributed by atoms with Gasteiger partial charge in [0.15, 0.2) is 0 Å². The van der Waals surface area contributed by atoms with E-state index in [-0.39, 0.29) is 5.57 Å². The van der Waals surface area contributed by atoms with E-state index < -0.39 is 11.5 Å². The molecule has 0 radical (unpaired) electrons. The van der Waals surface area contributed by atoms with Crippen molar-refractivity contribution in [3.05, 3.63) is 80.3 Å². The Labute approximate surface area is 194 Å². The van der Waals surface area contributed by atoms with Crippen molar-refractivity contribution in [2.45, 2.75) is 5.54 Å². The summed E-state index contributed by atoms with van der Waals surface area (Å²) in [6.45, 7) is 0. The minimum Gasteiger partial charge on any atom is -0.478 e. The summed E-state index contributed by atoms with van der Waals surface area (Å²) < 4.78 is 0. The van der Waals surface area contributed by atoms with Gasteiger partial charge in [0.1, 0.15) is 0 Å². The van der Waals surface area contributed by atoms with Crippen LogP contribution >= 0.6 is 66.7 Å². The van der Waals surface area contributed by atoms with Gasteiger partial charge in [0, 0.05) is 36.9 Å². The first-order chi connectivity index (χ1) is 13.3. The van der Waals surface area contributed by atoms with E-state index in [1.165, 1.54) is 0 Å². The molecule has 0 aromatic heterocycles. The fraction of sp³-hybridized carbons (Fsp3) is 0.150. The SMILES string of the molecule is O=C(O)C1=CC(c2ccc(Cl)cc2Cl)=C(c2ccc(Cl)cc2)NC1(CBr)CBr. The molecule has 8 heteroatoms. The van der Waals surface area contributed by atoms with E-state index in [0.717, 1.165) is 11.3 Å².